The number of hydrogen-bond acceptors (Lipinski definition) is 4. The molecule has 0 radical (unpaired) electrons. The van der Waals surface area contributed by atoms with Gasteiger partial charge in [0.15, 0.2) is 0 Å². The van der Waals surface area contributed by atoms with Crippen LogP contribution in [0.5, 0.6) is 0 Å². The standard InChI is InChI=1S/C28H30F6N2O4/c1-5-40-26(38)36-21-9-6-15(2)16(3)24(21)23(13-22(36)18-7-8-18)35(25(37)39-4)14-17-10-19(27(29,30)31)12-20(11-17)28(32,33)34/h6,9-12,18,22-23H,5,7-8,13-14H2,1-4H3/t22-,23-/m0/s1. The molecule has 2 amide bonds. The van der Waals surface area contributed by atoms with Crippen LogP contribution in [-0.2, 0) is 28.4 Å². The van der Waals surface area contributed by atoms with Crippen LogP contribution in [0.15, 0.2) is 30.3 Å². The molecule has 0 saturated heterocycles. The van der Waals surface area contributed by atoms with Crippen LogP contribution >= 0.6 is 0 Å². The van der Waals surface area contributed by atoms with E-state index in [0.717, 1.165) is 36.0 Å². The number of fused-ring (bicyclic) bond motifs is 1. The van der Waals surface area contributed by atoms with Gasteiger partial charge in [-0.05, 0) is 86.9 Å². The molecule has 2 aromatic rings. The summed E-state index contributed by atoms with van der Waals surface area (Å²) in [6.45, 7) is 4.87. The summed E-state index contributed by atoms with van der Waals surface area (Å²) >= 11 is 0. The fraction of sp³-hybridized carbons (Fsp3) is 0.500. The van der Waals surface area contributed by atoms with E-state index in [4.69, 9.17) is 9.47 Å². The first-order valence-corrected chi connectivity index (χ1v) is 12.9. The Kier molecular flexibility index (Phi) is 8.01. The number of carbonyl (C=O) groups is 2. The van der Waals surface area contributed by atoms with Gasteiger partial charge < -0.3 is 9.47 Å². The monoisotopic (exact) mass is 572 g/mol. The Balaban J connectivity index is 1.86. The van der Waals surface area contributed by atoms with Gasteiger partial charge in [0.1, 0.15) is 0 Å². The van der Waals surface area contributed by atoms with Gasteiger partial charge in [-0.25, -0.2) is 9.59 Å². The van der Waals surface area contributed by atoms with Gasteiger partial charge in [0, 0.05) is 18.2 Å². The number of aryl methyl sites for hydroxylation is 1. The maximum atomic E-state index is 13.6. The van der Waals surface area contributed by atoms with Crippen molar-refractivity contribution in [1.29, 1.82) is 0 Å². The lowest BCUT2D eigenvalue weighted by atomic mass is 9.84. The van der Waals surface area contributed by atoms with E-state index in [9.17, 15) is 35.9 Å². The van der Waals surface area contributed by atoms with Crippen LogP contribution in [0.4, 0.5) is 41.6 Å². The first-order valence-electron chi connectivity index (χ1n) is 12.9. The number of alkyl halides is 6. The summed E-state index contributed by atoms with van der Waals surface area (Å²) in [5, 5.41) is 0. The van der Waals surface area contributed by atoms with Crippen molar-refractivity contribution < 1.29 is 45.4 Å². The van der Waals surface area contributed by atoms with Crippen molar-refractivity contribution in [1.82, 2.24) is 4.90 Å². The van der Waals surface area contributed by atoms with Crippen LogP contribution in [0.2, 0.25) is 0 Å². The molecule has 0 bridgehead atoms. The van der Waals surface area contributed by atoms with Crippen LogP contribution in [0.1, 0.15) is 65.6 Å². The number of benzene rings is 2. The summed E-state index contributed by atoms with van der Waals surface area (Å²) < 4.78 is 91.6. The van der Waals surface area contributed by atoms with Gasteiger partial charge in [-0.15, -0.1) is 0 Å². The molecule has 2 aromatic carbocycles. The number of hydrogen-bond donors (Lipinski definition) is 0. The van der Waals surface area contributed by atoms with Crippen molar-refractivity contribution in [2.45, 2.75) is 71.0 Å². The number of rotatable bonds is 5. The third kappa shape index (κ3) is 5.85. The van der Waals surface area contributed by atoms with E-state index >= 15 is 0 Å². The van der Waals surface area contributed by atoms with E-state index < -0.39 is 54.3 Å². The van der Waals surface area contributed by atoms with E-state index in [0.29, 0.717) is 23.4 Å². The highest BCUT2D eigenvalue weighted by Gasteiger charge is 2.47. The van der Waals surface area contributed by atoms with Crippen molar-refractivity contribution in [3.05, 3.63) is 63.7 Å². The van der Waals surface area contributed by atoms with E-state index in [1.807, 2.05) is 13.0 Å². The molecule has 0 N–H and O–H groups in total. The average Bonchev–Trinajstić information content (AvgIpc) is 3.72. The minimum absolute atomic E-state index is 0.0513. The number of carbonyl (C=O) groups excluding carboxylic acids is 2. The van der Waals surface area contributed by atoms with Gasteiger partial charge in [0.2, 0.25) is 0 Å². The maximum absolute atomic E-state index is 13.6. The largest absolute Gasteiger partial charge is 0.453 e. The molecule has 2 aliphatic rings. The van der Waals surface area contributed by atoms with Gasteiger partial charge in [-0.3, -0.25) is 9.80 Å². The Morgan fingerprint density at radius 1 is 1.00 bits per heavy atom. The molecular formula is C28H30F6N2O4. The number of ether oxygens (including phenoxy) is 2. The highest BCUT2D eigenvalue weighted by Crippen LogP contribution is 2.50. The predicted molar refractivity (Wildman–Crippen MR) is 134 cm³/mol. The summed E-state index contributed by atoms with van der Waals surface area (Å²) in [7, 11) is 1.10. The molecule has 6 nitrogen and oxygen atoms in total. The molecule has 0 spiro atoms. The second-order valence-electron chi connectivity index (χ2n) is 10.2. The SMILES string of the molecule is CCOC(=O)N1c2ccc(C)c(C)c2[C@@H](N(Cc2cc(C(F)(F)F)cc(C(F)(F)F)c2)C(=O)OC)C[C@H]1C1CC1. The van der Waals surface area contributed by atoms with E-state index in [-0.39, 0.29) is 30.6 Å². The Morgan fingerprint density at radius 2 is 1.60 bits per heavy atom. The van der Waals surface area contributed by atoms with Crippen molar-refractivity contribution >= 4 is 17.9 Å². The number of anilines is 1. The lowest BCUT2D eigenvalue weighted by molar-refractivity contribution is -0.143. The quantitative estimate of drug-likeness (QED) is 0.343. The van der Waals surface area contributed by atoms with Crippen LogP contribution in [-0.4, -0.2) is 36.8 Å². The summed E-state index contributed by atoms with van der Waals surface area (Å²) in [5.74, 6) is 0.103. The van der Waals surface area contributed by atoms with Crippen molar-refractivity contribution in [2.75, 3.05) is 18.6 Å². The molecule has 1 heterocycles. The first kappa shape index (κ1) is 29.5. The van der Waals surface area contributed by atoms with E-state index in [2.05, 4.69) is 0 Å². The number of amides is 2. The van der Waals surface area contributed by atoms with Gasteiger partial charge >= 0.3 is 24.5 Å². The summed E-state index contributed by atoms with van der Waals surface area (Å²) in [6.07, 6.45) is -9.67. The van der Waals surface area contributed by atoms with Crippen LogP contribution in [0.25, 0.3) is 0 Å². The molecule has 1 saturated carbocycles. The minimum atomic E-state index is -5.03. The maximum Gasteiger partial charge on any atom is 0.416 e. The zero-order valence-corrected chi connectivity index (χ0v) is 22.4. The summed E-state index contributed by atoms with van der Waals surface area (Å²) in [6, 6.07) is 3.65. The zero-order chi connectivity index (χ0) is 29.6. The first-order chi connectivity index (χ1) is 18.7. The molecule has 0 aromatic heterocycles. The summed E-state index contributed by atoms with van der Waals surface area (Å²) in [5.41, 5.74) is -0.664. The van der Waals surface area contributed by atoms with Crippen LogP contribution in [0, 0.1) is 19.8 Å². The lowest BCUT2D eigenvalue weighted by Crippen LogP contribution is -2.50. The average molecular weight is 573 g/mol. The molecule has 4 rings (SSSR count). The van der Waals surface area contributed by atoms with Crippen LogP contribution in [0.3, 0.4) is 0 Å². The fourth-order valence-electron chi connectivity index (χ4n) is 5.41. The van der Waals surface area contributed by atoms with Crippen molar-refractivity contribution in [3.8, 4) is 0 Å². The third-order valence-electron chi connectivity index (χ3n) is 7.57. The molecule has 1 aliphatic heterocycles. The van der Waals surface area contributed by atoms with Crippen molar-refractivity contribution in [3.63, 3.8) is 0 Å². The Bertz CT molecular complexity index is 1260. The Labute approximate surface area is 227 Å². The molecule has 1 aliphatic carbocycles. The topological polar surface area (TPSA) is 59.1 Å². The highest BCUT2D eigenvalue weighted by molar-refractivity contribution is 5.91. The predicted octanol–water partition coefficient (Wildman–Crippen LogP) is 7.80. The zero-order valence-electron chi connectivity index (χ0n) is 22.4. The molecule has 0 unspecified atom stereocenters. The second kappa shape index (κ2) is 10.9. The lowest BCUT2D eigenvalue weighted by Gasteiger charge is -2.45. The number of nitrogens with zero attached hydrogens (tertiary/aromatic N) is 2. The number of methoxy groups -OCH3 is 1. The third-order valence-corrected chi connectivity index (χ3v) is 7.57. The molecule has 1 fully saturated rings. The molecule has 218 valence electrons. The van der Waals surface area contributed by atoms with E-state index in [1.54, 1.807) is 24.8 Å². The molecule has 40 heavy (non-hydrogen) atoms. The molecule has 2 atom stereocenters. The van der Waals surface area contributed by atoms with Gasteiger partial charge in [-0.2, -0.15) is 26.3 Å². The van der Waals surface area contributed by atoms with Crippen LogP contribution < -0.4 is 4.90 Å². The Hall–Kier alpha value is -3.44. The highest BCUT2D eigenvalue weighted by atomic mass is 19.4. The smallest absolute Gasteiger partial charge is 0.416 e. The Morgan fingerprint density at radius 3 is 2.10 bits per heavy atom. The normalized spacial score (nSPS) is 19.2. The van der Waals surface area contributed by atoms with Gasteiger partial charge in [-0.1, -0.05) is 6.07 Å². The van der Waals surface area contributed by atoms with Gasteiger partial charge in [0.05, 0.1) is 36.6 Å². The van der Waals surface area contributed by atoms with Gasteiger partial charge in [0.25, 0.3) is 0 Å². The fourth-order valence-corrected chi connectivity index (χ4v) is 5.41. The number of halogens is 6. The van der Waals surface area contributed by atoms with Crippen molar-refractivity contribution in [2.24, 2.45) is 5.92 Å². The van der Waals surface area contributed by atoms with E-state index in [1.165, 1.54) is 0 Å². The second-order valence-corrected chi connectivity index (χ2v) is 10.2. The molecule has 12 heteroatoms. The molecular weight excluding hydrogens is 542 g/mol. The summed E-state index contributed by atoms with van der Waals surface area (Å²) in [4.78, 5) is 29.0. The minimum Gasteiger partial charge on any atom is -0.453 e.